The number of hydrogen-bond donors (Lipinski definition) is 0. The van der Waals surface area contributed by atoms with Crippen LogP contribution in [0.25, 0.3) is 0 Å². The molecule has 0 radical (unpaired) electrons. The van der Waals surface area contributed by atoms with Crippen molar-refractivity contribution in [3.63, 3.8) is 0 Å². The summed E-state index contributed by atoms with van der Waals surface area (Å²) in [4.78, 5) is 12.3. The van der Waals surface area contributed by atoms with Crippen LogP contribution < -0.4 is 4.74 Å². The molecule has 0 atom stereocenters. The Balaban J connectivity index is 3.12. The van der Waals surface area contributed by atoms with Gasteiger partial charge in [-0.2, -0.15) is 0 Å². The zero-order valence-electron chi connectivity index (χ0n) is 18.4. The van der Waals surface area contributed by atoms with Gasteiger partial charge >= 0.3 is 5.97 Å². The van der Waals surface area contributed by atoms with E-state index in [2.05, 4.69) is 61.6 Å². The van der Waals surface area contributed by atoms with Crippen molar-refractivity contribution in [1.29, 1.82) is 0 Å². The van der Waals surface area contributed by atoms with Crippen molar-refractivity contribution in [2.45, 2.75) is 98.4 Å². The van der Waals surface area contributed by atoms with Gasteiger partial charge in [0.25, 0.3) is 0 Å². The molecule has 8 heteroatoms. The SMILES string of the molecule is CC(C)Oc1nn(CC(=O)OC(C)(C)C)c(CO[Si](C)(C)C(C)(C)C)c1I. The first-order chi connectivity index (χ1) is 12.0. The van der Waals surface area contributed by atoms with E-state index in [-0.39, 0.29) is 23.7 Å². The Morgan fingerprint density at radius 3 is 2.19 bits per heavy atom. The maximum absolute atomic E-state index is 12.3. The molecule has 1 rings (SSSR count). The molecule has 1 aromatic rings. The molecule has 6 nitrogen and oxygen atoms in total. The minimum Gasteiger partial charge on any atom is -0.473 e. The molecular formula is C19H35IN2O4Si. The molecule has 0 aliphatic carbocycles. The number of aromatic nitrogens is 2. The van der Waals surface area contributed by atoms with Crippen LogP contribution in [-0.2, 0) is 27.1 Å². The van der Waals surface area contributed by atoms with Crippen LogP contribution in [0.5, 0.6) is 5.88 Å². The lowest BCUT2D eigenvalue weighted by atomic mass is 10.2. The molecular weight excluding hydrogens is 475 g/mol. The van der Waals surface area contributed by atoms with Crippen molar-refractivity contribution >= 4 is 36.9 Å². The third-order valence-corrected chi connectivity index (χ3v) is 9.95. The van der Waals surface area contributed by atoms with Gasteiger partial charge in [-0.15, -0.1) is 5.10 Å². The van der Waals surface area contributed by atoms with E-state index in [0.29, 0.717) is 12.5 Å². The van der Waals surface area contributed by atoms with Crippen molar-refractivity contribution in [2.24, 2.45) is 0 Å². The van der Waals surface area contributed by atoms with Crippen LogP contribution in [0.3, 0.4) is 0 Å². The lowest BCUT2D eigenvalue weighted by Crippen LogP contribution is -2.40. The van der Waals surface area contributed by atoms with Crippen molar-refractivity contribution in [3.8, 4) is 5.88 Å². The number of carbonyl (C=O) groups is 1. The van der Waals surface area contributed by atoms with Crippen LogP contribution in [-0.4, -0.2) is 35.8 Å². The van der Waals surface area contributed by atoms with Gasteiger partial charge in [0.05, 0.1) is 18.4 Å². The largest absolute Gasteiger partial charge is 0.473 e. The van der Waals surface area contributed by atoms with Gasteiger partial charge in [-0.3, -0.25) is 9.48 Å². The third-order valence-electron chi connectivity index (χ3n) is 4.39. The molecule has 156 valence electrons. The molecule has 0 amide bonds. The summed E-state index contributed by atoms with van der Waals surface area (Å²) in [5, 5.41) is 4.61. The molecule has 0 aliphatic heterocycles. The molecule has 1 heterocycles. The van der Waals surface area contributed by atoms with E-state index < -0.39 is 13.9 Å². The van der Waals surface area contributed by atoms with Gasteiger partial charge in [0, 0.05) is 0 Å². The van der Waals surface area contributed by atoms with E-state index >= 15 is 0 Å². The van der Waals surface area contributed by atoms with Gasteiger partial charge in [-0.25, -0.2) is 0 Å². The first-order valence-electron chi connectivity index (χ1n) is 9.31. The molecule has 0 aliphatic rings. The van der Waals surface area contributed by atoms with Gasteiger partial charge < -0.3 is 13.9 Å². The van der Waals surface area contributed by atoms with E-state index in [1.807, 2.05) is 34.6 Å². The highest BCUT2D eigenvalue weighted by Gasteiger charge is 2.37. The minimum atomic E-state index is -1.94. The number of esters is 1. The van der Waals surface area contributed by atoms with E-state index in [1.54, 1.807) is 4.68 Å². The quantitative estimate of drug-likeness (QED) is 0.289. The molecule has 0 aromatic carbocycles. The fourth-order valence-corrected chi connectivity index (χ4v) is 3.58. The number of nitrogens with zero attached hydrogens (tertiary/aromatic N) is 2. The van der Waals surface area contributed by atoms with Crippen LogP contribution in [0.4, 0.5) is 0 Å². The summed E-state index contributed by atoms with van der Waals surface area (Å²) < 4.78 is 20.2. The molecule has 0 saturated heterocycles. The first kappa shape index (κ1) is 24.4. The van der Waals surface area contributed by atoms with Crippen molar-refractivity contribution in [3.05, 3.63) is 9.26 Å². The fraction of sp³-hybridized carbons (Fsp3) is 0.789. The van der Waals surface area contributed by atoms with Crippen LogP contribution in [0.15, 0.2) is 0 Å². The highest BCUT2D eigenvalue weighted by molar-refractivity contribution is 14.1. The zero-order chi connectivity index (χ0) is 21.2. The zero-order valence-corrected chi connectivity index (χ0v) is 21.6. The summed E-state index contributed by atoms with van der Waals surface area (Å²) in [6, 6.07) is 0. The number of ether oxygens (including phenoxy) is 2. The van der Waals surface area contributed by atoms with E-state index in [0.717, 1.165) is 9.26 Å². The van der Waals surface area contributed by atoms with Crippen LogP contribution in [0, 0.1) is 3.57 Å². The smallest absolute Gasteiger partial charge is 0.328 e. The highest BCUT2D eigenvalue weighted by Crippen LogP contribution is 2.37. The van der Waals surface area contributed by atoms with Gasteiger partial charge in [0.1, 0.15) is 15.7 Å². The van der Waals surface area contributed by atoms with Gasteiger partial charge in [0.15, 0.2) is 8.32 Å². The molecule has 0 saturated carbocycles. The Hall–Kier alpha value is -0.613. The monoisotopic (exact) mass is 510 g/mol. The van der Waals surface area contributed by atoms with Gasteiger partial charge in [-0.05, 0) is 75.3 Å². The highest BCUT2D eigenvalue weighted by atomic mass is 127. The first-order valence-corrected chi connectivity index (χ1v) is 13.3. The van der Waals surface area contributed by atoms with Crippen LogP contribution >= 0.6 is 22.6 Å². The average Bonchev–Trinajstić information content (AvgIpc) is 2.68. The van der Waals surface area contributed by atoms with Crippen LogP contribution in [0.2, 0.25) is 18.1 Å². The molecule has 0 bridgehead atoms. The van der Waals surface area contributed by atoms with E-state index in [9.17, 15) is 4.79 Å². The lowest BCUT2D eigenvalue weighted by Gasteiger charge is -2.36. The predicted octanol–water partition coefficient (Wildman–Crippen LogP) is 5.14. The Labute approximate surface area is 178 Å². The summed E-state index contributed by atoms with van der Waals surface area (Å²) in [5.74, 6) is 0.203. The average molecular weight is 510 g/mol. The molecule has 1 aromatic heterocycles. The topological polar surface area (TPSA) is 62.6 Å². The lowest BCUT2D eigenvalue weighted by molar-refractivity contribution is -0.155. The summed E-state index contributed by atoms with van der Waals surface area (Å²) in [7, 11) is -1.94. The maximum Gasteiger partial charge on any atom is 0.328 e. The fourth-order valence-electron chi connectivity index (χ4n) is 1.98. The minimum absolute atomic E-state index is 0.00227. The Bertz CT molecular complexity index is 658. The van der Waals surface area contributed by atoms with Crippen molar-refractivity contribution in [2.75, 3.05) is 0 Å². The Morgan fingerprint density at radius 2 is 1.74 bits per heavy atom. The predicted molar refractivity (Wildman–Crippen MR) is 119 cm³/mol. The molecule has 0 unspecified atom stereocenters. The second-order valence-corrected chi connectivity index (χ2v) is 15.4. The van der Waals surface area contributed by atoms with Crippen molar-refractivity contribution < 1.29 is 18.7 Å². The van der Waals surface area contributed by atoms with Crippen molar-refractivity contribution in [1.82, 2.24) is 9.78 Å². The summed E-state index contributed by atoms with van der Waals surface area (Å²) >= 11 is 2.22. The Kier molecular flexibility index (Phi) is 7.97. The number of halogens is 1. The second-order valence-electron chi connectivity index (χ2n) is 9.53. The number of carbonyl (C=O) groups excluding carboxylic acids is 1. The molecule has 0 fully saturated rings. The third kappa shape index (κ3) is 7.38. The van der Waals surface area contributed by atoms with Crippen LogP contribution in [0.1, 0.15) is 61.1 Å². The van der Waals surface area contributed by atoms with Gasteiger partial charge in [-0.1, -0.05) is 20.8 Å². The van der Waals surface area contributed by atoms with Gasteiger partial charge in [0.2, 0.25) is 5.88 Å². The standard InChI is InChI=1S/C19H35IN2O4Si/c1-13(2)25-17-16(20)14(12-24-27(9,10)19(6,7)8)22(21-17)11-15(23)26-18(3,4)5/h13H,11-12H2,1-10H3. The van der Waals surface area contributed by atoms with E-state index in [4.69, 9.17) is 13.9 Å². The second kappa shape index (κ2) is 8.81. The molecule has 0 spiro atoms. The summed E-state index contributed by atoms with van der Waals surface area (Å²) in [5.41, 5.74) is 0.314. The Morgan fingerprint density at radius 1 is 1.19 bits per heavy atom. The molecule has 27 heavy (non-hydrogen) atoms. The number of rotatable bonds is 7. The molecule has 0 N–H and O–H groups in total. The maximum atomic E-state index is 12.3. The summed E-state index contributed by atoms with van der Waals surface area (Å²) in [6.07, 6.45) is -0.00227. The number of hydrogen-bond acceptors (Lipinski definition) is 5. The van der Waals surface area contributed by atoms with E-state index in [1.165, 1.54) is 0 Å². The normalized spacial score (nSPS) is 13.2. The summed E-state index contributed by atoms with van der Waals surface area (Å²) in [6.45, 7) is 20.9.